The van der Waals surface area contributed by atoms with E-state index in [0.717, 1.165) is 17.0 Å². The van der Waals surface area contributed by atoms with Crippen molar-refractivity contribution in [1.82, 2.24) is 9.71 Å². The zero-order valence-corrected chi connectivity index (χ0v) is 21.7. The van der Waals surface area contributed by atoms with Crippen LogP contribution in [0.4, 0.5) is 19.0 Å². The first-order valence-electron chi connectivity index (χ1n) is 10.7. The van der Waals surface area contributed by atoms with Gasteiger partial charge in [-0.15, -0.1) is 0 Å². The Labute approximate surface area is 222 Å². The molecule has 0 atom stereocenters. The smallest absolute Gasteiger partial charge is 0.417 e. The van der Waals surface area contributed by atoms with Crippen molar-refractivity contribution in [2.24, 2.45) is 0 Å². The van der Waals surface area contributed by atoms with Gasteiger partial charge in [0.05, 0.1) is 17.7 Å². The molecule has 0 spiro atoms. The number of ether oxygens (including phenoxy) is 2. The second kappa shape index (κ2) is 12.5. The zero-order valence-electron chi connectivity index (χ0n) is 19.4. The van der Waals surface area contributed by atoms with Crippen LogP contribution in [0.2, 0.25) is 10.0 Å². The van der Waals surface area contributed by atoms with Gasteiger partial charge in [-0.3, -0.25) is 0 Å². The highest BCUT2D eigenvalue weighted by molar-refractivity contribution is 7.92. The van der Waals surface area contributed by atoms with Crippen molar-refractivity contribution in [2.45, 2.75) is 12.8 Å². The molecule has 3 aromatic rings. The molecule has 0 aliphatic carbocycles. The van der Waals surface area contributed by atoms with E-state index < -0.39 is 21.8 Å². The number of pyridine rings is 1. The van der Waals surface area contributed by atoms with Gasteiger partial charge >= 0.3 is 6.18 Å². The number of hydrogen-bond acceptors (Lipinski definition) is 6. The van der Waals surface area contributed by atoms with Crippen molar-refractivity contribution in [1.29, 1.82) is 0 Å². The molecule has 0 saturated heterocycles. The minimum Gasteiger partial charge on any atom is -0.493 e. The molecule has 0 saturated carbocycles. The van der Waals surface area contributed by atoms with E-state index >= 15 is 0 Å². The van der Waals surface area contributed by atoms with Crippen LogP contribution >= 0.6 is 23.2 Å². The first-order valence-corrected chi connectivity index (χ1v) is 13.0. The van der Waals surface area contributed by atoms with E-state index in [1.54, 1.807) is 30.3 Å². The predicted octanol–water partition coefficient (Wildman–Crippen LogP) is 6.00. The van der Waals surface area contributed by atoms with Crippen molar-refractivity contribution < 1.29 is 31.1 Å². The summed E-state index contributed by atoms with van der Waals surface area (Å²) in [6.07, 6.45) is -2.54. The number of hydrogen-bond donors (Lipinski definition) is 2. The SMILES string of the molecule is COc1cc(C=CS(=O)(=O)NCCNc2ncc(C(F)(F)F)cc2Cl)ccc1OCc1ccc(Cl)cc1. The number of aromatic nitrogens is 1. The van der Waals surface area contributed by atoms with Gasteiger partial charge in [-0.2, -0.15) is 13.2 Å². The Morgan fingerprint density at radius 1 is 1.03 bits per heavy atom. The van der Waals surface area contributed by atoms with Gasteiger partial charge in [-0.05, 0) is 47.5 Å². The quantitative estimate of drug-likeness (QED) is 0.273. The second-order valence-electron chi connectivity index (χ2n) is 7.55. The molecule has 1 aromatic heterocycles. The van der Waals surface area contributed by atoms with Crippen molar-refractivity contribution >= 4 is 45.1 Å². The first kappa shape index (κ1) is 28.6. The van der Waals surface area contributed by atoms with Gasteiger partial charge in [-0.25, -0.2) is 18.1 Å². The molecule has 2 aromatic carbocycles. The van der Waals surface area contributed by atoms with Gasteiger partial charge in [0.2, 0.25) is 10.0 Å². The normalized spacial score (nSPS) is 12.1. The summed E-state index contributed by atoms with van der Waals surface area (Å²) in [4.78, 5) is 3.63. The standard InChI is InChI=1S/C24H22Cl2F3N3O4S/c1-35-22-12-16(4-7-21(22)36-15-17-2-5-19(25)6-3-17)8-11-37(33,34)32-10-9-30-23-20(26)13-18(14-31-23)24(27,28)29/h2-8,11-14,32H,9-10,15H2,1H3,(H,30,31). The van der Waals surface area contributed by atoms with Crippen molar-refractivity contribution in [3.63, 3.8) is 0 Å². The molecule has 0 aliphatic heterocycles. The second-order valence-corrected chi connectivity index (χ2v) is 10.0. The highest BCUT2D eigenvalue weighted by Crippen LogP contribution is 2.32. The summed E-state index contributed by atoms with van der Waals surface area (Å²) in [7, 11) is -2.33. The van der Waals surface area contributed by atoms with Crippen molar-refractivity contribution in [2.75, 3.05) is 25.5 Å². The van der Waals surface area contributed by atoms with Crippen LogP contribution in [0.1, 0.15) is 16.7 Å². The lowest BCUT2D eigenvalue weighted by Crippen LogP contribution is -2.27. The maximum absolute atomic E-state index is 12.7. The number of nitrogens with zero attached hydrogens (tertiary/aromatic N) is 1. The van der Waals surface area contributed by atoms with E-state index in [1.807, 2.05) is 12.1 Å². The minimum atomic E-state index is -4.56. The molecule has 0 fully saturated rings. The van der Waals surface area contributed by atoms with E-state index in [2.05, 4.69) is 15.0 Å². The molecule has 3 rings (SSSR count). The summed E-state index contributed by atoms with van der Waals surface area (Å²) < 4.78 is 76.1. The number of sulfonamides is 1. The fourth-order valence-electron chi connectivity index (χ4n) is 2.96. The Morgan fingerprint density at radius 3 is 2.41 bits per heavy atom. The number of anilines is 1. The highest BCUT2D eigenvalue weighted by Gasteiger charge is 2.31. The largest absolute Gasteiger partial charge is 0.493 e. The van der Waals surface area contributed by atoms with Crippen LogP contribution in [-0.4, -0.2) is 33.6 Å². The predicted molar refractivity (Wildman–Crippen MR) is 137 cm³/mol. The van der Waals surface area contributed by atoms with Crippen LogP contribution in [0.15, 0.2) is 60.1 Å². The van der Waals surface area contributed by atoms with Crippen LogP contribution < -0.4 is 19.5 Å². The van der Waals surface area contributed by atoms with Gasteiger partial charge in [0.25, 0.3) is 0 Å². The van der Waals surface area contributed by atoms with Crippen LogP contribution in [0.5, 0.6) is 11.5 Å². The third kappa shape index (κ3) is 8.81. The van der Waals surface area contributed by atoms with Gasteiger partial charge < -0.3 is 14.8 Å². The maximum Gasteiger partial charge on any atom is 0.417 e. The van der Waals surface area contributed by atoms with Crippen LogP contribution in [0.25, 0.3) is 6.08 Å². The van der Waals surface area contributed by atoms with Gasteiger partial charge in [0.1, 0.15) is 12.4 Å². The average molecular weight is 576 g/mol. The van der Waals surface area contributed by atoms with Gasteiger partial charge in [0.15, 0.2) is 11.5 Å². The van der Waals surface area contributed by atoms with Gasteiger partial charge in [0, 0.05) is 29.7 Å². The molecule has 0 unspecified atom stereocenters. The lowest BCUT2D eigenvalue weighted by Gasteiger charge is -2.12. The Morgan fingerprint density at radius 2 is 1.76 bits per heavy atom. The molecule has 0 bridgehead atoms. The molecule has 2 N–H and O–H groups in total. The number of alkyl halides is 3. The number of benzene rings is 2. The summed E-state index contributed by atoms with van der Waals surface area (Å²) in [5.41, 5.74) is 0.491. The van der Waals surface area contributed by atoms with Crippen molar-refractivity contribution in [3.05, 3.63) is 86.9 Å². The van der Waals surface area contributed by atoms with Crippen molar-refractivity contribution in [3.8, 4) is 11.5 Å². The molecule has 198 valence electrons. The maximum atomic E-state index is 12.7. The van der Waals surface area contributed by atoms with E-state index in [-0.39, 0.29) is 23.9 Å². The molecule has 13 heteroatoms. The molecule has 0 radical (unpaired) electrons. The molecule has 1 heterocycles. The fourth-order valence-corrected chi connectivity index (χ4v) is 4.14. The topological polar surface area (TPSA) is 89.6 Å². The zero-order chi connectivity index (χ0) is 27.1. The summed E-state index contributed by atoms with van der Waals surface area (Å²) in [6.45, 7) is 0.271. The summed E-state index contributed by atoms with van der Waals surface area (Å²) in [5.74, 6) is 0.915. The molecule has 7 nitrogen and oxygen atoms in total. The van der Waals surface area contributed by atoms with E-state index in [4.69, 9.17) is 32.7 Å². The lowest BCUT2D eigenvalue weighted by molar-refractivity contribution is -0.137. The summed E-state index contributed by atoms with van der Waals surface area (Å²) in [5, 5.41) is 4.07. The molecular weight excluding hydrogens is 554 g/mol. The Bertz CT molecular complexity index is 1350. The summed E-state index contributed by atoms with van der Waals surface area (Å²) >= 11 is 11.7. The van der Waals surface area contributed by atoms with E-state index in [0.29, 0.717) is 34.9 Å². The number of methoxy groups -OCH3 is 1. The fraction of sp³-hybridized carbons (Fsp3) is 0.208. The van der Waals surface area contributed by atoms with E-state index in [1.165, 1.54) is 13.2 Å². The average Bonchev–Trinajstić information content (AvgIpc) is 2.85. The lowest BCUT2D eigenvalue weighted by atomic mass is 10.2. The Hall–Kier alpha value is -2.99. The number of rotatable bonds is 11. The Balaban J connectivity index is 1.53. The molecular formula is C24H22Cl2F3N3O4S. The van der Waals surface area contributed by atoms with Crippen LogP contribution in [-0.2, 0) is 22.8 Å². The third-order valence-electron chi connectivity index (χ3n) is 4.82. The highest BCUT2D eigenvalue weighted by atomic mass is 35.5. The van der Waals surface area contributed by atoms with Crippen LogP contribution in [0, 0.1) is 0 Å². The van der Waals surface area contributed by atoms with Gasteiger partial charge in [-0.1, -0.05) is 41.4 Å². The molecule has 0 amide bonds. The first-order chi connectivity index (χ1) is 17.5. The number of halogens is 5. The van der Waals surface area contributed by atoms with E-state index in [9.17, 15) is 21.6 Å². The Kier molecular flexibility index (Phi) is 9.66. The minimum absolute atomic E-state index is 0.00914. The third-order valence-corrected chi connectivity index (χ3v) is 6.47. The molecule has 37 heavy (non-hydrogen) atoms. The molecule has 0 aliphatic rings. The summed E-state index contributed by atoms with van der Waals surface area (Å²) in [6, 6.07) is 12.9. The number of nitrogens with one attached hydrogen (secondary N) is 2. The monoisotopic (exact) mass is 575 g/mol. The van der Waals surface area contributed by atoms with Crippen LogP contribution in [0.3, 0.4) is 0 Å².